The van der Waals surface area contributed by atoms with Crippen molar-refractivity contribution >= 4 is 17.6 Å². The van der Waals surface area contributed by atoms with Gasteiger partial charge in [0.1, 0.15) is 5.75 Å². The molecule has 0 aromatic heterocycles. The first-order valence-corrected chi connectivity index (χ1v) is 6.55. The highest BCUT2D eigenvalue weighted by Crippen LogP contribution is 2.27. The molecule has 1 aliphatic rings. The zero-order valence-corrected chi connectivity index (χ0v) is 11.3. The molecule has 1 aliphatic heterocycles. The number of phenolic OH excluding ortho intramolecular Hbond substituents is 1. The quantitative estimate of drug-likeness (QED) is 0.629. The fourth-order valence-corrected chi connectivity index (χ4v) is 2.28. The second-order valence-electron chi connectivity index (χ2n) is 5.21. The van der Waals surface area contributed by atoms with Crippen molar-refractivity contribution < 1.29 is 19.8 Å². The lowest BCUT2D eigenvalue weighted by atomic mass is 9.90. The van der Waals surface area contributed by atoms with Gasteiger partial charge in [0.15, 0.2) is 0 Å². The number of benzene rings is 1. The molecule has 0 radical (unpaired) electrons. The van der Waals surface area contributed by atoms with E-state index in [0.717, 1.165) is 19.4 Å². The van der Waals surface area contributed by atoms with Crippen LogP contribution < -0.4 is 10.6 Å². The van der Waals surface area contributed by atoms with Gasteiger partial charge in [0.2, 0.25) is 5.91 Å². The third-order valence-electron chi connectivity index (χ3n) is 3.61. The Morgan fingerprint density at radius 1 is 1.35 bits per heavy atom. The maximum Gasteiger partial charge on any atom is 0.335 e. The molecule has 4 N–H and O–H groups in total. The number of piperidine rings is 1. The van der Waals surface area contributed by atoms with Crippen LogP contribution in [0.4, 0.5) is 5.69 Å². The zero-order valence-electron chi connectivity index (χ0n) is 11.3. The summed E-state index contributed by atoms with van der Waals surface area (Å²) < 4.78 is 0. The largest absolute Gasteiger partial charge is 0.506 e. The van der Waals surface area contributed by atoms with Gasteiger partial charge in [-0.15, -0.1) is 0 Å². The number of hydrogen-bond donors (Lipinski definition) is 4. The Morgan fingerprint density at radius 2 is 2.10 bits per heavy atom. The lowest BCUT2D eigenvalue weighted by Crippen LogP contribution is -2.54. The highest BCUT2D eigenvalue weighted by atomic mass is 16.4. The summed E-state index contributed by atoms with van der Waals surface area (Å²) in [6.07, 6.45) is 2.69. The summed E-state index contributed by atoms with van der Waals surface area (Å²) in [4.78, 5) is 23.2. The van der Waals surface area contributed by atoms with Crippen LogP contribution in [0.15, 0.2) is 18.2 Å². The molecule has 1 unspecified atom stereocenters. The number of aromatic hydroxyl groups is 1. The first kappa shape index (κ1) is 14.3. The summed E-state index contributed by atoms with van der Waals surface area (Å²) in [6, 6.07) is 3.80. The van der Waals surface area contributed by atoms with Gasteiger partial charge in [0.25, 0.3) is 0 Å². The van der Waals surface area contributed by atoms with Gasteiger partial charge in [-0.1, -0.05) is 0 Å². The smallest absolute Gasteiger partial charge is 0.335 e. The summed E-state index contributed by atoms with van der Waals surface area (Å²) in [5.41, 5.74) is -0.562. The van der Waals surface area contributed by atoms with E-state index in [1.807, 2.05) is 0 Å². The lowest BCUT2D eigenvalue weighted by Gasteiger charge is -2.33. The summed E-state index contributed by atoms with van der Waals surface area (Å²) in [5, 5.41) is 24.4. The Balaban J connectivity index is 2.18. The molecule has 1 heterocycles. The molecule has 108 valence electrons. The molecule has 20 heavy (non-hydrogen) atoms. The molecule has 1 aromatic rings. The minimum absolute atomic E-state index is 0.0138. The van der Waals surface area contributed by atoms with Crippen LogP contribution in [0, 0.1) is 0 Å². The first-order valence-electron chi connectivity index (χ1n) is 6.55. The number of carboxylic acid groups (broad SMARTS) is 1. The Bertz CT molecular complexity index is 536. The average molecular weight is 278 g/mol. The van der Waals surface area contributed by atoms with E-state index in [0.29, 0.717) is 6.42 Å². The molecule has 1 aromatic carbocycles. The standard InChI is InChI=1S/C14H18N2O4/c1-14(6-2-3-7-15-14)13(20)16-10-8-9(12(18)19)4-5-11(10)17/h4-5,8,15,17H,2-3,6-7H2,1H3,(H,16,20)(H,18,19). The Kier molecular flexibility index (Phi) is 3.94. The number of hydrogen-bond acceptors (Lipinski definition) is 4. The molecule has 0 bridgehead atoms. The molecular weight excluding hydrogens is 260 g/mol. The Morgan fingerprint density at radius 3 is 2.70 bits per heavy atom. The second-order valence-corrected chi connectivity index (χ2v) is 5.21. The minimum Gasteiger partial charge on any atom is -0.506 e. The van der Waals surface area contributed by atoms with Crippen LogP contribution in [0.1, 0.15) is 36.5 Å². The molecule has 0 spiro atoms. The molecular formula is C14H18N2O4. The molecule has 6 nitrogen and oxygen atoms in total. The molecule has 0 saturated carbocycles. The zero-order chi connectivity index (χ0) is 14.8. The number of nitrogens with one attached hydrogen (secondary N) is 2. The second kappa shape index (κ2) is 5.50. The van der Waals surface area contributed by atoms with Crippen molar-refractivity contribution in [2.75, 3.05) is 11.9 Å². The number of aromatic carboxylic acids is 1. The van der Waals surface area contributed by atoms with Crippen LogP contribution in [0.2, 0.25) is 0 Å². The third kappa shape index (κ3) is 2.91. The van der Waals surface area contributed by atoms with Gasteiger partial charge >= 0.3 is 5.97 Å². The van der Waals surface area contributed by atoms with Gasteiger partial charge in [-0.3, -0.25) is 4.79 Å². The molecule has 2 rings (SSSR count). The normalized spacial score (nSPS) is 22.2. The predicted octanol–water partition coefficient (Wildman–Crippen LogP) is 1.56. The Labute approximate surface area is 116 Å². The molecule has 1 atom stereocenters. The number of amides is 1. The van der Waals surface area contributed by atoms with E-state index in [1.54, 1.807) is 6.92 Å². The maximum absolute atomic E-state index is 12.3. The van der Waals surface area contributed by atoms with Crippen molar-refractivity contribution in [3.8, 4) is 5.75 Å². The van der Waals surface area contributed by atoms with Crippen LogP contribution in [-0.2, 0) is 4.79 Å². The SMILES string of the molecule is CC1(C(=O)Nc2cc(C(=O)O)ccc2O)CCCCN1. The average Bonchev–Trinajstić information content (AvgIpc) is 2.41. The van der Waals surface area contributed by atoms with Gasteiger partial charge in [-0.05, 0) is 50.9 Å². The minimum atomic E-state index is -1.11. The molecule has 1 fully saturated rings. The lowest BCUT2D eigenvalue weighted by molar-refractivity contribution is -0.122. The van der Waals surface area contributed by atoms with Crippen molar-refractivity contribution in [1.29, 1.82) is 0 Å². The van der Waals surface area contributed by atoms with E-state index in [4.69, 9.17) is 5.11 Å². The number of phenols is 1. The summed E-state index contributed by atoms with van der Waals surface area (Å²) in [5.74, 6) is -1.53. The molecule has 1 amide bonds. The summed E-state index contributed by atoms with van der Waals surface area (Å²) in [7, 11) is 0. The van der Waals surface area contributed by atoms with E-state index in [-0.39, 0.29) is 22.9 Å². The van der Waals surface area contributed by atoms with Gasteiger partial charge in [-0.25, -0.2) is 4.79 Å². The molecule has 6 heteroatoms. The number of anilines is 1. The van der Waals surface area contributed by atoms with Gasteiger partial charge in [0, 0.05) is 0 Å². The monoisotopic (exact) mass is 278 g/mol. The van der Waals surface area contributed by atoms with Crippen LogP contribution in [0.5, 0.6) is 5.75 Å². The number of carbonyl (C=O) groups excluding carboxylic acids is 1. The van der Waals surface area contributed by atoms with Crippen LogP contribution in [0.25, 0.3) is 0 Å². The highest BCUT2D eigenvalue weighted by molar-refractivity contribution is 6.00. The third-order valence-corrected chi connectivity index (χ3v) is 3.61. The van der Waals surface area contributed by atoms with Crippen molar-refractivity contribution in [2.24, 2.45) is 0 Å². The van der Waals surface area contributed by atoms with E-state index < -0.39 is 11.5 Å². The fraction of sp³-hybridized carbons (Fsp3) is 0.429. The van der Waals surface area contributed by atoms with Crippen molar-refractivity contribution in [3.05, 3.63) is 23.8 Å². The van der Waals surface area contributed by atoms with Crippen LogP contribution in [0.3, 0.4) is 0 Å². The van der Waals surface area contributed by atoms with E-state index >= 15 is 0 Å². The number of carbonyl (C=O) groups is 2. The van der Waals surface area contributed by atoms with Crippen molar-refractivity contribution in [1.82, 2.24) is 5.32 Å². The highest BCUT2D eigenvalue weighted by Gasteiger charge is 2.34. The number of carboxylic acids is 1. The van der Waals surface area contributed by atoms with E-state index in [1.165, 1.54) is 18.2 Å². The van der Waals surface area contributed by atoms with Crippen LogP contribution >= 0.6 is 0 Å². The molecule has 0 aliphatic carbocycles. The summed E-state index contributed by atoms with van der Waals surface area (Å²) in [6.45, 7) is 2.57. The van der Waals surface area contributed by atoms with Crippen molar-refractivity contribution in [2.45, 2.75) is 31.7 Å². The number of rotatable bonds is 3. The van der Waals surface area contributed by atoms with Crippen molar-refractivity contribution in [3.63, 3.8) is 0 Å². The van der Waals surface area contributed by atoms with E-state index in [9.17, 15) is 14.7 Å². The van der Waals surface area contributed by atoms with Crippen LogP contribution in [-0.4, -0.2) is 34.2 Å². The fourth-order valence-electron chi connectivity index (χ4n) is 2.28. The first-order chi connectivity index (χ1) is 9.42. The van der Waals surface area contributed by atoms with Gasteiger partial charge in [-0.2, -0.15) is 0 Å². The summed E-state index contributed by atoms with van der Waals surface area (Å²) >= 11 is 0. The topological polar surface area (TPSA) is 98.7 Å². The van der Waals surface area contributed by atoms with E-state index in [2.05, 4.69) is 10.6 Å². The van der Waals surface area contributed by atoms with Gasteiger partial charge < -0.3 is 20.8 Å². The maximum atomic E-state index is 12.3. The predicted molar refractivity (Wildman–Crippen MR) is 74.0 cm³/mol. The molecule has 1 saturated heterocycles. The van der Waals surface area contributed by atoms with Gasteiger partial charge in [0.05, 0.1) is 16.8 Å². The Hall–Kier alpha value is -2.08.